The van der Waals surface area contributed by atoms with Crippen LogP contribution in [0.1, 0.15) is 206 Å². The van der Waals surface area contributed by atoms with Crippen molar-refractivity contribution in [2.75, 3.05) is 40.9 Å². The van der Waals surface area contributed by atoms with Crippen LogP contribution in [0.15, 0.2) is 0 Å². The Balaban J connectivity index is 4.36. The van der Waals surface area contributed by atoms with Crippen LogP contribution in [-0.2, 0) is 18.4 Å². The first-order valence-corrected chi connectivity index (χ1v) is 22.8. The summed E-state index contributed by atoms with van der Waals surface area (Å²) in [6.45, 7) is 4.72. The van der Waals surface area contributed by atoms with E-state index in [9.17, 15) is 19.4 Å². The average molecular weight is 733 g/mol. The molecule has 0 aliphatic heterocycles. The summed E-state index contributed by atoms with van der Waals surface area (Å²) >= 11 is 0. The molecule has 0 spiro atoms. The number of carbonyl (C=O) groups excluding carboxylic acids is 1. The molecule has 50 heavy (non-hydrogen) atoms. The quantitative estimate of drug-likeness (QED) is 0.0370. The lowest BCUT2D eigenvalue weighted by atomic mass is 10.0. The second-order valence-electron chi connectivity index (χ2n) is 16.1. The van der Waals surface area contributed by atoms with Crippen molar-refractivity contribution in [3.63, 3.8) is 0 Å². The first kappa shape index (κ1) is 49.5. The molecule has 0 rings (SSSR count). The SMILES string of the molecule is CCCCCCCCCCCCCCCCCCC(O)C(COP(=O)([O-])OCC[N+](C)(C)C)NC(=O)CCCCCCCCCCCCCC. The van der Waals surface area contributed by atoms with E-state index in [2.05, 4.69) is 19.2 Å². The Morgan fingerprint density at radius 1 is 0.620 bits per heavy atom. The standard InChI is InChI=1S/C41H85N2O6P/c1-6-8-10-12-14-16-18-20-21-22-23-24-26-28-30-32-34-40(44)39(38-49-50(46,47)48-37-36-43(3,4)5)42-41(45)35-33-31-29-27-25-19-17-15-13-11-9-7-2/h39-40,44H,6-38H2,1-5H3,(H-,42,45,46,47). The van der Waals surface area contributed by atoms with Crippen molar-refractivity contribution < 1.29 is 32.9 Å². The predicted molar refractivity (Wildman–Crippen MR) is 210 cm³/mol. The molecular weight excluding hydrogens is 647 g/mol. The lowest BCUT2D eigenvalue weighted by molar-refractivity contribution is -0.870. The Kier molecular flexibility index (Phi) is 33.9. The molecule has 0 aromatic heterocycles. The molecular formula is C41H85N2O6P. The van der Waals surface area contributed by atoms with Crippen molar-refractivity contribution in [3.05, 3.63) is 0 Å². The summed E-state index contributed by atoms with van der Waals surface area (Å²) in [7, 11) is 1.31. The van der Waals surface area contributed by atoms with Gasteiger partial charge in [0.1, 0.15) is 13.2 Å². The van der Waals surface area contributed by atoms with Gasteiger partial charge in [0.05, 0.1) is 39.9 Å². The zero-order valence-electron chi connectivity index (χ0n) is 33.9. The number of quaternary nitrogens is 1. The third-order valence-corrected chi connectivity index (χ3v) is 10.8. The van der Waals surface area contributed by atoms with E-state index in [1.807, 2.05) is 21.1 Å². The van der Waals surface area contributed by atoms with Crippen LogP contribution in [0.2, 0.25) is 0 Å². The Morgan fingerprint density at radius 3 is 1.36 bits per heavy atom. The topological polar surface area (TPSA) is 108 Å². The van der Waals surface area contributed by atoms with Crippen LogP contribution in [0.4, 0.5) is 0 Å². The molecule has 2 N–H and O–H groups in total. The lowest BCUT2D eigenvalue weighted by Gasteiger charge is -2.30. The van der Waals surface area contributed by atoms with Gasteiger partial charge >= 0.3 is 0 Å². The van der Waals surface area contributed by atoms with Gasteiger partial charge in [-0.2, -0.15) is 0 Å². The van der Waals surface area contributed by atoms with Crippen LogP contribution in [-0.4, -0.2) is 68.5 Å². The van der Waals surface area contributed by atoms with Crippen molar-refractivity contribution in [1.29, 1.82) is 0 Å². The third kappa shape index (κ3) is 35.9. The molecule has 0 fully saturated rings. The van der Waals surface area contributed by atoms with Crippen molar-refractivity contribution >= 4 is 13.7 Å². The summed E-state index contributed by atoms with van der Waals surface area (Å²) in [5.74, 6) is -0.164. The highest BCUT2D eigenvalue weighted by molar-refractivity contribution is 7.45. The van der Waals surface area contributed by atoms with Gasteiger partial charge in [0.15, 0.2) is 0 Å². The molecule has 1 amide bonds. The molecule has 0 radical (unpaired) electrons. The summed E-state index contributed by atoms with van der Waals surface area (Å²) in [5, 5.41) is 13.9. The largest absolute Gasteiger partial charge is 0.756 e. The highest BCUT2D eigenvalue weighted by Crippen LogP contribution is 2.38. The fourth-order valence-corrected chi connectivity index (χ4v) is 7.12. The Hall–Kier alpha value is -0.500. The maximum atomic E-state index is 12.8. The van der Waals surface area contributed by atoms with E-state index in [1.165, 1.54) is 141 Å². The maximum Gasteiger partial charge on any atom is 0.268 e. The highest BCUT2D eigenvalue weighted by Gasteiger charge is 2.24. The van der Waals surface area contributed by atoms with Crippen LogP contribution in [0.3, 0.4) is 0 Å². The van der Waals surface area contributed by atoms with E-state index < -0.39 is 20.0 Å². The number of likely N-dealkylation sites (N-methyl/N-ethyl adjacent to an activating group) is 1. The van der Waals surface area contributed by atoms with Gasteiger partial charge in [-0.15, -0.1) is 0 Å². The Morgan fingerprint density at radius 2 is 0.980 bits per heavy atom. The maximum absolute atomic E-state index is 12.8. The van der Waals surface area contributed by atoms with Crippen molar-refractivity contribution in [2.45, 2.75) is 219 Å². The number of aliphatic hydroxyl groups excluding tert-OH is 1. The monoisotopic (exact) mass is 733 g/mol. The zero-order valence-corrected chi connectivity index (χ0v) is 34.8. The van der Waals surface area contributed by atoms with Gasteiger partial charge in [-0.05, 0) is 12.8 Å². The molecule has 0 aromatic carbocycles. The number of phosphoric acid groups is 1. The number of nitrogens with one attached hydrogen (secondary N) is 1. The van der Waals surface area contributed by atoms with E-state index in [1.54, 1.807) is 0 Å². The molecule has 8 nitrogen and oxygen atoms in total. The van der Waals surface area contributed by atoms with E-state index in [-0.39, 0.29) is 19.1 Å². The van der Waals surface area contributed by atoms with Gasteiger partial charge in [0, 0.05) is 6.42 Å². The van der Waals surface area contributed by atoms with Gasteiger partial charge in [-0.1, -0.05) is 187 Å². The predicted octanol–water partition coefficient (Wildman–Crippen LogP) is 10.8. The molecule has 0 aliphatic rings. The molecule has 3 atom stereocenters. The molecule has 0 aromatic rings. The molecule has 0 bridgehead atoms. The molecule has 0 saturated heterocycles. The molecule has 0 saturated carbocycles. The van der Waals surface area contributed by atoms with Crippen LogP contribution in [0, 0.1) is 0 Å². The summed E-state index contributed by atoms with van der Waals surface area (Å²) < 4.78 is 23.2. The summed E-state index contributed by atoms with van der Waals surface area (Å²) in [4.78, 5) is 25.2. The fourth-order valence-electron chi connectivity index (χ4n) is 6.39. The summed E-state index contributed by atoms with van der Waals surface area (Å²) in [5.41, 5.74) is 0. The number of aliphatic hydroxyl groups is 1. The third-order valence-electron chi connectivity index (χ3n) is 9.85. The minimum absolute atomic E-state index is 0.0159. The highest BCUT2D eigenvalue weighted by atomic mass is 31.2. The molecule has 9 heteroatoms. The van der Waals surface area contributed by atoms with Gasteiger partial charge in [0.2, 0.25) is 5.91 Å². The second-order valence-corrected chi connectivity index (χ2v) is 17.5. The minimum atomic E-state index is -4.55. The number of nitrogens with zero attached hydrogens (tertiary/aromatic N) is 1. The molecule has 0 aliphatic carbocycles. The number of hydrogen-bond acceptors (Lipinski definition) is 6. The normalized spacial score (nSPS) is 14.5. The lowest BCUT2D eigenvalue weighted by Crippen LogP contribution is -2.46. The molecule has 3 unspecified atom stereocenters. The van der Waals surface area contributed by atoms with Crippen molar-refractivity contribution in [3.8, 4) is 0 Å². The van der Waals surface area contributed by atoms with Crippen LogP contribution >= 0.6 is 7.82 Å². The van der Waals surface area contributed by atoms with E-state index in [0.717, 1.165) is 38.5 Å². The second kappa shape index (κ2) is 34.3. The Labute approximate surface area is 310 Å². The van der Waals surface area contributed by atoms with Crippen LogP contribution in [0.5, 0.6) is 0 Å². The summed E-state index contributed by atoms with van der Waals surface area (Å²) in [6, 6.07) is -0.791. The number of hydrogen-bond donors (Lipinski definition) is 2. The number of rotatable bonds is 39. The van der Waals surface area contributed by atoms with Gasteiger partial charge in [0.25, 0.3) is 7.82 Å². The van der Waals surface area contributed by atoms with E-state index in [4.69, 9.17) is 9.05 Å². The molecule has 300 valence electrons. The first-order chi connectivity index (χ1) is 24.0. The van der Waals surface area contributed by atoms with Crippen LogP contribution < -0.4 is 10.2 Å². The Bertz CT molecular complexity index is 794. The number of unbranched alkanes of at least 4 members (excludes halogenated alkanes) is 26. The van der Waals surface area contributed by atoms with E-state index in [0.29, 0.717) is 23.9 Å². The summed E-state index contributed by atoms with van der Waals surface area (Å²) in [6.07, 6.45) is 35.2. The first-order valence-electron chi connectivity index (χ1n) is 21.4. The number of carbonyl (C=O) groups is 1. The van der Waals surface area contributed by atoms with Crippen molar-refractivity contribution in [1.82, 2.24) is 5.32 Å². The zero-order chi connectivity index (χ0) is 37.2. The fraction of sp³-hybridized carbons (Fsp3) is 0.976. The molecule has 0 heterocycles. The van der Waals surface area contributed by atoms with Gasteiger partial charge < -0.3 is 28.8 Å². The smallest absolute Gasteiger partial charge is 0.268 e. The number of phosphoric ester groups is 1. The van der Waals surface area contributed by atoms with Crippen LogP contribution in [0.25, 0.3) is 0 Å². The van der Waals surface area contributed by atoms with Gasteiger partial charge in [-0.25, -0.2) is 0 Å². The van der Waals surface area contributed by atoms with Crippen molar-refractivity contribution in [2.24, 2.45) is 0 Å². The minimum Gasteiger partial charge on any atom is -0.756 e. The number of amides is 1. The van der Waals surface area contributed by atoms with E-state index >= 15 is 0 Å². The van der Waals surface area contributed by atoms with Gasteiger partial charge in [-0.3, -0.25) is 9.36 Å². The average Bonchev–Trinajstić information content (AvgIpc) is 3.06.